The van der Waals surface area contributed by atoms with Gasteiger partial charge in [0, 0.05) is 59.6 Å². The first-order chi connectivity index (χ1) is 12.6. The Balaban J connectivity index is 0.00000261. The highest BCUT2D eigenvalue weighted by molar-refractivity contribution is 14.0. The molecule has 2 fully saturated rings. The molecule has 0 saturated carbocycles. The number of aryl methyl sites for hydroxylation is 1. The number of carbonyl (C=O) groups is 1. The van der Waals surface area contributed by atoms with Crippen molar-refractivity contribution in [1.82, 2.24) is 29.8 Å². The van der Waals surface area contributed by atoms with Crippen molar-refractivity contribution < 1.29 is 4.79 Å². The Labute approximate surface area is 179 Å². The largest absolute Gasteiger partial charge is 0.351 e. The number of amides is 1. The van der Waals surface area contributed by atoms with Crippen LogP contribution in [0.5, 0.6) is 0 Å². The smallest absolute Gasteiger partial charge is 0.239 e. The standard InChI is InChI=1S/C18H31N7O.HI/c1-15(17(26)24-8-4-5-9-24)23-10-12-25(13-11-23)18(19-2)20-14-16-6-7-21-22(16)3;/h6-7,15H,4-5,8-14H2,1-3H3,(H,19,20);1H. The molecule has 0 aromatic carbocycles. The maximum Gasteiger partial charge on any atom is 0.239 e. The second-order valence-electron chi connectivity index (χ2n) is 7.08. The van der Waals surface area contributed by atoms with Crippen LogP contribution in [0.4, 0.5) is 0 Å². The van der Waals surface area contributed by atoms with E-state index in [2.05, 4.69) is 25.2 Å². The van der Waals surface area contributed by atoms with Crippen molar-refractivity contribution in [3.8, 4) is 0 Å². The zero-order valence-electron chi connectivity index (χ0n) is 16.6. The molecule has 27 heavy (non-hydrogen) atoms. The summed E-state index contributed by atoms with van der Waals surface area (Å²) in [4.78, 5) is 23.6. The molecular formula is C18H32IN7O. The maximum absolute atomic E-state index is 12.6. The molecule has 152 valence electrons. The van der Waals surface area contributed by atoms with Crippen LogP contribution in [0, 0.1) is 0 Å². The summed E-state index contributed by atoms with van der Waals surface area (Å²) >= 11 is 0. The summed E-state index contributed by atoms with van der Waals surface area (Å²) in [6, 6.07) is 1.98. The summed E-state index contributed by atoms with van der Waals surface area (Å²) in [5, 5.41) is 7.61. The maximum atomic E-state index is 12.6. The van der Waals surface area contributed by atoms with Gasteiger partial charge in [0.1, 0.15) is 0 Å². The molecule has 3 rings (SSSR count). The van der Waals surface area contributed by atoms with E-state index in [1.807, 2.05) is 36.7 Å². The van der Waals surface area contributed by atoms with Crippen molar-refractivity contribution in [2.24, 2.45) is 12.0 Å². The van der Waals surface area contributed by atoms with Crippen LogP contribution in [0.15, 0.2) is 17.3 Å². The minimum Gasteiger partial charge on any atom is -0.351 e. The van der Waals surface area contributed by atoms with Crippen LogP contribution in [-0.4, -0.2) is 88.7 Å². The predicted octanol–water partition coefficient (Wildman–Crippen LogP) is 0.742. The average Bonchev–Trinajstić information content (AvgIpc) is 3.34. The fraction of sp³-hybridized carbons (Fsp3) is 0.722. The second-order valence-corrected chi connectivity index (χ2v) is 7.08. The number of nitrogens with one attached hydrogen (secondary N) is 1. The molecular weight excluding hydrogens is 457 g/mol. The van der Waals surface area contributed by atoms with E-state index < -0.39 is 0 Å². The van der Waals surface area contributed by atoms with Gasteiger partial charge in [0.25, 0.3) is 0 Å². The summed E-state index contributed by atoms with van der Waals surface area (Å²) in [6.07, 6.45) is 4.09. The molecule has 1 aromatic heterocycles. The van der Waals surface area contributed by atoms with E-state index in [4.69, 9.17) is 0 Å². The summed E-state index contributed by atoms with van der Waals surface area (Å²) in [5.74, 6) is 1.19. The van der Waals surface area contributed by atoms with Crippen molar-refractivity contribution in [2.75, 3.05) is 46.3 Å². The Morgan fingerprint density at radius 3 is 2.41 bits per heavy atom. The number of piperazine rings is 1. The zero-order valence-corrected chi connectivity index (χ0v) is 18.9. The Kier molecular flexibility index (Phi) is 8.33. The van der Waals surface area contributed by atoms with Crippen LogP contribution in [0.2, 0.25) is 0 Å². The first-order valence-corrected chi connectivity index (χ1v) is 9.55. The number of carbonyl (C=O) groups excluding carboxylic acids is 1. The first-order valence-electron chi connectivity index (χ1n) is 9.55. The number of hydrogen-bond acceptors (Lipinski definition) is 4. The third-order valence-corrected chi connectivity index (χ3v) is 5.50. The molecule has 0 bridgehead atoms. The van der Waals surface area contributed by atoms with Crippen LogP contribution in [0.1, 0.15) is 25.5 Å². The van der Waals surface area contributed by atoms with Gasteiger partial charge in [0.2, 0.25) is 5.91 Å². The second kappa shape index (κ2) is 10.3. The van der Waals surface area contributed by atoms with E-state index in [-0.39, 0.29) is 35.9 Å². The van der Waals surface area contributed by atoms with Gasteiger partial charge in [-0.05, 0) is 25.8 Å². The van der Waals surface area contributed by atoms with E-state index in [0.717, 1.165) is 63.8 Å². The molecule has 1 unspecified atom stereocenters. The fourth-order valence-corrected chi connectivity index (χ4v) is 3.76. The Bertz CT molecular complexity index is 633. The first kappa shape index (κ1) is 21.9. The predicted molar refractivity (Wildman–Crippen MR) is 117 cm³/mol. The van der Waals surface area contributed by atoms with Gasteiger partial charge in [0.15, 0.2) is 5.96 Å². The van der Waals surface area contributed by atoms with Gasteiger partial charge >= 0.3 is 0 Å². The van der Waals surface area contributed by atoms with Crippen LogP contribution in [0.3, 0.4) is 0 Å². The van der Waals surface area contributed by atoms with Crippen molar-refractivity contribution in [3.63, 3.8) is 0 Å². The Morgan fingerprint density at radius 1 is 1.19 bits per heavy atom. The topological polar surface area (TPSA) is 69.0 Å². The average molecular weight is 489 g/mol. The van der Waals surface area contributed by atoms with Crippen LogP contribution >= 0.6 is 24.0 Å². The zero-order chi connectivity index (χ0) is 18.5. The van der Waals surface area contributed by atoms with Gasteiger partial charge in [-0.2, -0.15) is 5.10 Å². The number of rotatable bonds is 4. The molecule has 1 amide bonds. The van der Waals surface area contributed by atoms with Gasteiger partial charge in [-0.25, -0.2) is 0 Å². The Hall–Kier alpha value is -1.36. The molecule has 1 atom stereocenters. The van der Waals surface area contributed by atoms with Gasteiger partial charge in [-0.3, -0.25) is 19.4 Å². The van der Waals surface area contributed by atoms with E-state index in [9.17, 15) is 4.79 Å². The van der Waals surface area contributed by atoms with Gasteiger partial charge in [0.05, 0.1) is 18.3 Å². The molecule has 1 N–H and O–H groups in total. The number of halogens is 1. The molecule has 0 aliphatic carbocycles. The minimum atomic E-state index is -0.0281. The van der Waals surface area contributed by atoms with Crippen molar-refractivity contribution in [3.05, 3.63) is 18.0 Å². The monoisotopic (exact) mass is 489 g/mol. The van der Waals surface area contributed by atoms with Crippen LogP contribution in [-0.2, 0) is 18.4 Å². The molecule has 9 heteroatoms. The molecule has 2 saturated heterocycles. The normalized spacial score (nSPS) is 19.7. The van der Waals surface area contributed by atoms with Crippen molar-refractivity contribution in [2.45, 2.75) is 32.4 Å². The molecule has 3 heterocycles. The number of nitrogens with zero attached hydrogens (tertiary/aromatic N) is 6. The summed E-state index contributed by atoms with van der Waals surface area (Å²) in [5.41, 5.74) is 1.12. The number of hydrogen-bond donors (Lipinski definition) is 1. The van der Waals surface area contributed by atoms with Crippen LogP contribution in [0.25, 0.3) is 0 Å². The lowest BCUT2D eigenvalue weighted by molar-refractivity contribution is -0.135. The lowest BCUT2D eigenvalue weighted by atomic mass is 10.2. The molecule has 8 nitrogen and oxygen atoms in total. The van der Waals surface area contributed by atoms with E-state index in [0.29, 0.717) is 6.54 Å². The van der Waals surface area contributed by atoms with E-state index in [1.54, 1.807) is 6.20 Å². The van der Waals surface area contributed by atoms with Gasteiger partial charge < -0.3 is 15.1 Å². The van der Waals surface area contributed by atoms with E-state index in [1.165, 1.54) is 0 Å². The molecule has 1 aromatic rings. The minimum absolute atomic E-state index is 0. The van der Waals surface area contributed by atoms with Crippen molar-refractivity contribution in [1.29, 1.82) is 0 Å². The molecule has 2 aliphatic rings. The summed E-state index contributed by atoms with van der Waals surface area (Å²) in [7, 11) is 3.76. The number of aliphatic imine (C=N–C) groups is 1. The molecule has 0 radical (unpaired) electrons. The quantitative estimate of drug-likeness (QED) is 0.384. The Morgan fingerprint density at radius 2 is 1.85 bits per heavy atom. The third kappa shape index (κ3) is 5.34. The van der Waals surface area contributed by atoms with Gasteiger partial charge in [-0.15, -0.1) is 24.0 Å². The highest BCUT2D eigenvalue weighted by Crippen LogP contribution is 2.14. The highest BCUT2D eigenvalue weighted by atomic mass is 127. The number of guanidine groups is 1. The van der Waals surface area contributed by atoms with Crippen molar-refractivity contribution >= 4 is 35.8 Å². The van der Waals surface area contributed by atoms with Gasteiger partial charge in [-0.1, -0.05) is 0 Å². The lowest BCUT2D eigenvalue weighted by Gasteiger charge is -2.39. The van der Waals surface area contributed by atoms with E-state index >= 15 is 0 Å². The third-order valence-electron chi connectivity index (χ3n) is 5.50. The van der Waals surface area contributed by atoms with Crippen LogP contribution < -0.4 is 5.32 Å². The summed E-state index contributed by atoms with van der Waals surface area (Å²) < 4.78 is 1.86. The fourth-order valence-electron chi connectivity index (χ4n) is 3.76. The number of likely N-dealkylation sites (tertiary alicyclic amines) is 1. The molecule has 0 spiro atoms. The highest BCUT2D eigenvalue weighted by Gasteiger charge is 2.30. The molecule has 2 aliphatic heterocycles. The summed E-state index contributed by atoms with van der Waals surface area (Å²) in [6.45, 7) is 8.12. The SMILES string of the molecule is CN=C(NCc1ccnn1C)N1CCN(C(C)C(=O)N2CCCC2)CC1.I. The number of aromatic nitrogens is 2. The lowest BCUT2D eigenvalue weighted by Crippen LogP contribution is -2.57.